The van der Waals surface area contributed by atoms with Crippen LogP contribution in [-0.2, 0) is 12.8 Å². The average molecular weight is 193 g/mol. The van der Waals surface area contributed by atoms with Gasteiger partial charge in [0.2, 0.25) is 0 Å². The molecular formula is C12H16FN. The minimum Gasteiger partial charge on any atom is -0.317 e. The molecule has 0 saturated heterocycles. The summed E-state index contributed by atoms with van der Waals surface area (Å²) in [5, 5.41) is 2.90. The monoisotopic (exact) mass is 193 g/mol. The van der Waals surface area contributed by atoms with Crippen molar-refractivity contribution in [1.29, 1.82) is 0 Å². The predicted molar refractivity (Wildman–Crippen MR) is 56.2 cm³/mol. The van der Waals surface area contributed by atoms with E-state index in [-0.39, 0.29) is 5.92 Å². The molecule has 0 amide bonds. The molecule has 0 saturated carbocycles. The molecule has 1 aromatic rings. The van der Waals surface area contributed by atoms with Crippen LogP contribution in [0.15, 0.2) is 24.3 Å². The molecule has 0 radical (unpaired) electrons. The fourth-order valence-corrected chi connectivity index (χ4v) is 2.21. The van der Waals surface area contributed by atoms with Crippen molar-refractivity contribution in [3.05, 3.63) is 35.4 Å². The predicted octanol–water partition coefficient (Wildman–Crippen LogP) is 1.96. The third kappa shape index (κ3) is 1.80. The molecule has 0 bridgehead atoms. The van der Waals surface area contributed by atoms with Gasteiger partial charge in [0.05, 0.1) is 0 Å². The highest BCUT2D eigenvalue weighted by molar-refractivity contribution is 5.32. The van der Waals surface area contributed by atoms with Crippen molar-refractivity contribution in [2.75, 3.05) is 13.6 Å². The highest BCUT2D eigenvalue weighted by atomic mass is 19.1. The minimum absolute atomic E-state index is 0.180. The van der Waals surface area contributed by atoms with Gasteiger partial charge in [0, 0.05) is 6.54 Å². The third-order valence-electron chi connectivity index (χ3n) is 2.99. The van der Waals surface area contributed by atoms with Crippen molar-refractivity contribution in [3.63, 3.8) is 0 Å². The van der Waals surface area contributed by atoms with Gasteiger partial charge in [-0.15, -0.1) is 0 Å². The number of nitrogens with one attached hydrogen (secondary N) is 1. The Morgan fingerprint density at radius 3 is 2.43 bits per heavy atom. The van der Waals surface area contributed by atoms with E-state index in [1.54, 1.807) is 7.05 Å². The molecule has 0 heterocycles. The third-order valence-corrected chi connectivity index (χ3v) is 2.99. The molecular weight excluding hydrogens is 177 g/mol. The molecule has 0 aromatic heterocycles. The van der Waals surface area contributed by atoms with Crippen LogP contribution >= 0.6 is 0 Å². The zero-order chi connectivity index (χ0) is 9.97. The van der Waals surface area contributed by atoms with Crippen LogP contribution < -0.4 is 5.32 Å². The van der Waals surface area contributed by atoms with Crippen molar-refractivity contribution in [1.82, 2.24) is 5.32 Å². The van der Waals surface area contributed by atoms with E-state index in [9.17, 15) is 4.39 Å². The summed E-state index contributed by atoms with van der Waals surface area (Å²) in [6, 6.07) is 8.29. The quantitative estimate of drug-likeness (QED) is 0.773. The van der Waals surface area contributed by atoms with Crippen molar-refractivity contribution in [2.45, 2.75) is 19.0 Å². The number of benzene rings is 1. The van der Waals surface area contributed by atoms with E-state index >= 15 is 0 Å². The normalized spacial score (nSPS) is 18.1. The lowest BCUT2D eigenvalue weighted by molar-refractivity contribution is 0.230. The fourth-order valence-electron chi connectivity index (χ4n) is 2.21. The number of halogens is 1. The Morgan fingerprint density at radius 1 is 1.36 bits per heavy atom. The van der Waals surface area contributed by atoms with E-state index in [1.165, 1.54) is 11.1 Å². The molecule has 1 nitrogen and oxygen atoms in total. The zero-order valence-corrected chi connectivity index (χ0v) is 8.46. The van der Waals surface area contributed by atoms with E-state index < -0.39 is 6.17 Å². The largest absolute Gasteiger partial charge is 0.317 e. The lowest BCUT2D eigenvalue weighted by Crippen LogP contribution is -2.27. The van der Waals surface area contributed by atoms with Gasteiger partial charge < -0.3 is 5.32 Å². The highest BCUT2D eigenvalue weighted by Gasteiger charge is 2.27. The Labute approximate surface area is 84.3 Å². The van der Waals surface area contributed by atoms with Crippen molar-refractivity contribution in [2.24, 2.45) is 5.92 Å². The summed E-state index contributed by atoms with van der Waals surface area (Å²) in [7, 11) is 1.80. The van der Waals surface area contributed by atoms with Gasteiger partial charge in [0.1, 0.15) is 6.17 Å². The maximum atomic E-state index is 13.6. The Hall–Kier alpha value is -0.890. The Kier molecular flexibility index (Phi) is 2.82. The van der Waals surface area contributed by atoms with Gasteiger partial charge in [-0.25, -0.2) is 4.39 Å². The minimum atomic E-state index is -0.715. The zero-order valence-electron chi connectivity index (χ0n) is 8.46. The number of alkyl halides is 1. The van der Waals surface area contributed by atoms with E-state index in [0.29, 0.717) is 6.54 Å². The smallest absolute Gasteiger partial charge is 0.116 e. The summed E-state index contributed by atoms with van der Waals surface area (Å²) in [6.45, 7) is 0.471. The van der Waals surface area contributed by atoms with Crippen LogP contribution in [-0.4, -0.2) is 19.8 Å². The van der Waals surface area contributed by atoms with E-state index in [2.05, 4.69) is 17.4 Å². The van der Waals surface area contributed by atoms with Crippen molar-refractivity contribution < 1.29 is 4.39 Å². The Bertz CT molecular complexity index is 286. The summed E-state index contributed by atoms with van der Waals surface area (Å²) in [6.07, 6.45) is 1.09. The maximum Gasteiger partial charge on any atom is 0.116 e. The average Bonchev–Trinajstić information content (AvgIpc) is 2.61. The Morgan fingerprint density at radius 2 is 1.93 bits per heavy atom. The lowest BCUT2D eigenvalue weighted by atomic mass is 10.0. The number of rotatable bonds is 3. The maximum absolute atomic E-state index is 13.6. The summed E-state index contributed by atoms with van der Waals surface area (Å²) in [5.74, 6) is 0.180. The second kappa shape index (κ2) is 4.09. The van der Waals surface area contributed by atoms with Crippen molar-refractivity contribution in [3.8, 4) is 0 Å². The summed E-state index contributed by atoms with van der Waals surface area (Å²) in [5.41, 5.74) is 2.66. The second-order valence-electron chi connectivity index (χ2n) is 4.01. The van der Waals surface area contributed by atoms with Crippen LogP contribution in [0.1, 0.15) is 11.1 Å². The summed E-state index contributed by atoms with van der Waals surface area (Å²) in [4.78, 5) is 0. The van der Waals surface area contributed by atoms with Gasteiger partial charge in [-0.2, -0.15) is 0 Å². The molecule has 76 valence electrons. The lowest BCUT2D eigenvalue weighted by Gasteiger charge is -2.14. The summed E-state index contributed by atoms with van der Waals surface area (Å²) >= 11 is 0. The molecule has 1 aliphatic carbocycles. The van der Waals surface area contributed by atoms with Crippen LogP contribution in [0.5, 0.6) is 0 Å². The van der Waals surface area contributed by atoms with Crippen LogP contribution in [0.3, 0.4) is 0 Å². The van der Waals surface area contributed by atoms with Gasteiger partial charge in [-0.05, 0) is 36.9 Å². The molecule has 0 spiro atoms. The number of fused-ring (bicyclic) bond motifs is 1. The first kappa shape index (κ1) is 9.66. The van der Waals surface area contributed by atoms with Crippen LogP contribution in [0, 0.1) is 5.92 Å². The molecule has 0 aliphatic heterocycles. The number of hydrogen-bond acceptors (Lipinski definition) is 1. The van der Waals surface area contributed by atoms with E-state index in [4.69, 9.17) is 0 Å². The first-order chi connectivity index (χ1) is 6.81. The fraction of sp³-hybridized carbons (Fsp3) is 0.500. The first-order valence-electron chi connectivity index (χ1n) is 5.16. The standard InChI is InChI=1S/C12H16FN/c1-14-8-12(13)11-6-9-4-2-3-5-10(9)7-11/h2-5,11-12,14H,6-8H2,1H3/t12-/m1/s1. The van der Waals surface area contributed by atoms with Gasteiger partial charge in [0.25, 0.3) is 0 Å². The van der Waals surface area contributed by atoms with Gasteiger partial charge in [-0.3, -0.25) is 0 Å². The topological polar surface area (TPSA) is 12.0 Å². The summed E-state index contributed by atoms with van der Waals surface area (Å²) < 4.78 is 13.6. The SMILES string of the molecule is CNC[C@@H](F)C1Cc2ccccc2C1. The second-order valence-corrected chi connectivity index (χ2v) is 4.01. The van der Waals surface area contributed by atoms with E-state index in [0.717, 1.165) is 12.8 Å². The molecule has 1 N–H and O–H groups in total. The number of hydrogen-bond donors (Lipinski definition) is 1. The van der Waals surface area contributed by atoms with Crippen LogP contribution in [0.25, 0.3) is 0 Å². The van der Waals surface area contributed by atoms with E-state index in [1.807, 2.05) is 12.1 Å². The molecule has 1 aliphatic rings. The molecule has 2 rings (SSSR count). The molecule has 1 atom stereocenters. The van der Waals surface area contributed by atoms with Gasteiger partial charge >= 0.3 is 0 Å². The van der Waals surface area contributed by atoms with Crippen LogP contribution in [0.4, 0.5) is 4.39 Å². The van der Waals surface area contributed by atoms with Crippen LogP contribution in [0.2, 0.25) is 0 Å². The van der Waals surface area contributed by atoms with Crippen molar-refractivity contribution >= 4 is 0 Å². The highest BCUT2D eigenvalue weighted by Crippen LogP contribution is 2.29. The molecule has 0 fully saturated rings. The van der Waals surface area contributed by atoms with Gasteiger partial charge in [0.15, 0.2) is 0 Å². The molecule has 1 aromatic carbocycles. The molecule has 0 unspecified atom stereocenters. The Balaban J connectivity index is 2.04. The van der Waals surface area contributed by atoms with Gasteiger partial charge in [-0.1, -0.05) is 24.3 Å². The first-order valence-corrected chi connectivity index (χ1v) is 5.16. The molecule has 2 heteroatoms. The molecule has 14 heavy (non-hydrogen) atoms.